The van der Waals surface area contributed by atoms with Gasteiger partial charge in [0.25, 0.3) is 0 Å². The van der Waals surface area contributed by atoms with Crippen LogP contribution in [0.4, 0.5) is 0 Å². The third kappa shape index (κ3) is 3.62. The van der Waals surface area contributed by atoms with Crippen molar-refractivity contribution in [1.82, 2.24) is 5.16 Å². The summed E-state index contributed by atoms with van der Waals surface area (Å²) in [6.45, 7) is 8.53. The fourth-order valence-electron chi connectivity index (χ4n) is 1.99. The molecule has 0 saturated carbocycles. The zero-order valence-electron chi connectivity index (χ0n) is 12.6. The van der Waals surface area contributed by atoms with E-state index in [1.807, 2.05) is 19.1 Å². The maximum absolute atomic E-state index is 10.7. The van der Waals surface area contributed by atoms with Gasteiger partial charge in [0.15, 0.2) is 11.5 Å². The molecule has 0 spiro atoms. The molecule has 1 aromatic carbocycles. The number of carboxylic acids is 1. The molecule has 5 nitrogen and oxygen atoms in total. The van der Waals surface area contributed by atoms with E-state index in [4.69, 9.17) is 14.4 Å². The Kier molecular flexibility index (Phi) is 4.02. The van der Waals surface area contributed by atoms with E-state index in [-0.39, 0.29) is 17.7 Å². The van der Waals surface area contributed by atoms with E-state index in [0.717, 1.165) is 11.3 Å². The molecule has 0 aliphatic carbocycles. The van der Waals surface area contributed by atoms with Gasteiger partial charge in [-0.1, -0.05) is 43.6 Å². The van der Waals surface area contributed by atoms with Crippen LogP contribution in [0.2, 0.25) is 0 Å². The highest BCUT2D eigenvalue weighted by atomic mass is 16.5. The molecular formula is C16H19NO4. The molecular weight excluding hydrogens is 270 g/mol. The zero-order valence-corrected chi connectivity index (χ0v) is 12.6. The predicted octanol–water partition coefficient (Wildman–Crippen LogP) is 3.56. The van der Waals surface area contributed by atoms with Gasteiger partial charge in [0.05, 0.1) is 0 Å². The second-order valence-electron chi connectivity index (χ2n) is 6.02. The fourth-order valence-corrected chi connectivity index (χ4v) is 1.99. The second-order valence-corrected chi connectivity index (χ2v) is 6.02. The van der Waals surface area contributed by atoms with Crippen molar-refractivity contribution >= 4 is 5.97 Å². The zero-order chi connectivity index (χ0) is 15.6. The summed E-state index contributed by atoms with van der Waals surface area (Å²) >= 11 is 0. The van der Waals surface area contributed by atoms with Crippen molar-refractivity contribution in [1.29, 1.82) is 0 Å². The maximum Gasteiger partial charge on any atom is 0.358 e. The first kappa shape index (κ1) is 15.1. The molecule has 112 valence electrons. The normalized spacial score (nSPS) is 11.4. The third-order valence-electron chi connectivity index (χ3n) is 3.09. The molecule has 0 atom stereocenters. The SMILES string of the molecule is Cc1ccc(OCc2cc(C(=O)O)no2)c(C(C)(C)C)c1. The van der Waals surface area contributed by atoms with Crippen molar-refractivity contribution in [3.8, 4) is 5.75 Å². The van der Waals surface area contributed by atoms with E-state index in [1.165, 1.54) is 11.6 Å². The van der Waals surface area contributed by atoms with Gasteiger partial charge in [-0.15, -0.1) is 0 Å². The van der Waals surface area contributed by atoms with Gasteiger partial charge in [-0.05, 0) is 24.0 Å². The van der Waals surface area contributed by atoms with E-state index >= 15 is 0 Å². The number of rotatable bonds is 4. The Hall–Kier alpha value is -2.30. The van der Waals surface area contributed by atoms with Crippen molar-refractivity contribution in [2.45, 2.75) is 39.7 Å². The van der Waals surface area contributed by atoms with E-state index in [0.29, 0.717) is 5.76 Å². The van der Waals surface area contributed by atoms with Crippen LogP contribution in [0.5, 0.6) is 5.75 Å². The van der Waals surface area contributed by atoms with Gasteiger partial charge in [-0.25, -0.2) is 4.79 Å². The maximum atomic E-state index is 10.7. The average Bonchev–Trinajstić information content (AvgIpc) is 2.85. The van der Waals surface area contributed by atoms with Crippen LogP contribution in [0.25, 0.3) is 0 Å². The van der Waals surface area contributed by atoms with Gasteiger partial charge in [-0.2, -0.15) is 0 Å². The van der Waals surface area contributed by atoms with E-state index < -0.39 is 5.97 Å². The van der Waals surface area contributed by atoms with Crippen LogP contribution in [-0.4, -0.2) is 16.2 Å². The minimum absolute atomic E-state index is 0.0466. The molecule has 0 unspecified atom stereocenters. The Balaban J connectivity index is 2.18. The molecule has 2 rings (SSSR count). The highest BCUT2D eigenvalue weighted by Gasteiger charge is 2.20. The van der Waals surface area contributed by atoms with Crippen molar-refractivity contribution in [2.24, 2.45) is 0 Å². The first-order chi connectivity index (χ1) is 9.77. The number of carboxylic acid groups (broad SMARTS) is 1. The summed E-state index contributed by atoms with van der Waals surface area (Å²) in [5.41, 5.74) is 2.10. The molecule has 5 heteroatoms. The number of aryl methyl sites for hydroxylation is 1. The van der Waals surface area contributed by atoms with Crippen LogP contribution < -0.4 is 4.74 Å². The van der Waals surface area contributed by atoms with E-state index in [1.54, 1.807) is 0 Å². The minimum Gasteiger partial charge on any atom is -0.485 e. The molecule has 0 saturated heterocycles. The largest absolute Gasteiger partial charge is 0.485 e. The number of hydrogen-bond donors (Lipinski definition) is 1. The van der Waals surface area contributed by atoms with Gasteiger partial charge < -0.3 is 14.4 Å². The number of ether oxygens (including phenoxy) is 1. The van der Waals surface area contributed by atoms with E-state index in [9.17, 15) is 4.79 Å². The number of benzene rings is 1. The lowest BCUT2D eigenvalue weighted by atomic mass is 9.85. The molecule has 1 heterocycles. The number of carbonyl (C=O) groups is 1. The predicted molar refractivity (Wildman–Crippen MR) is 77.7 cm³/mol. The topological polar surface area (TPSA) is 72.6 Å². The molecule has 2 aromatic rings. The van der Waals surface area contributed by atoms with Gasteiger partial charge >= 0.3 is 5.97 Å². The second kappa shape index (κ2) is 5.60. The highest BCUT2D eigenvalue weighted by molar-refractivity contribution is 5.85. The molecule has 0 aliphatic heterocycles. The quantitative estimate of drug-likeness (QED) is 0.931. The first-order valence-electron chi connectivity index (χ1n) is 6.70. The summed E-state index contributed by atoms with van der Waals surface area (Å²) < 4.78 is 10.7. The van der Waals surface area contributed by atoms with Crippen molar-refractivity contribution < 1.29 is 19.2 Å². The van der Waals surface area contributed by atoms with Gasteiger partial charge in [0.1, 0.15) is 12.4 Å². The standard InChI is InChI=1S/C16H19NO4/c1-10-5-6-14(12(7-10)16(2,3)4)20-9-11-8-13(15(18)19)17-21-11/h5-8H,9H2,1-4H3,(H,18,19). The van der Waals surface area contributed by atoms with Gasteiger partial charge in [0, 0.05) is 6.07 Å². The Morgan fingerprint density at radius 1 is 1.33 bits per heavy atom. The average molecular weight is 289 g/mol. The fraction of sp³-hybridized carbons (Fsp3) is 0.375. The molecule has 0 radical (unpaired) electrons. The Morgan fingerprint density at radius 3 is 2.62 bits per heavy atom. The number of aromatic nitrogens is 1. The summed E-state index contributed by atoms with van der Waals surface area (Å²) in [4.78, 5) is 10.7. The lowest BCUT2D eigenvalue weighted by Crippen LogP contribution is -2.13. The van der Waals surface area contributed by atoms with Crippen LogP contribution in [0.3, 0.4) is 0 Å². The van der Waals surface area contributed by atoms with Crippen molar-refractivity contribution in [3.63, 3.8) is 0 Å². The summed E-state index contributed by atoms with van der Waals surface area (Å²) in [5.74, 6) is 0.0323. The van der Waals surface area contributed by atoms with Crippen molar-refractivity contribution in [3.05, 3.63) is 46.8 Å². The van der Waals surface area contributed by atoms with Crippen LogP contribution in [-0.2, 0) is 12.0 Å². The molecule has 0 bridgehead atoms. The molecule has 0 fully saturated rings. The van der Waals surface area contributed by atoms with Crippen LogP contribution >= 0.6 is 0 Å². The summed E-state index contributed by atoms with van der Waals surface area (Å²) in [6, 6.07) is 7.36. The molecule has 1 aromatic heterocycles. The molecule has 21 heavy (non-hydrogen) atoms. The smallest absolute Gasteiger partial charge is 0.358 e. The van der Waals surface area contributed by atoms with Crippen LogP contribution in [0.1, 0.15) is 48.1 Å². The molecule has 0 aliphatic rings. The lowest BCUT2D eigenvalue weighted by Gasteiger charge is -2.23. The Labute approximate surface area is 123 Å². The van der Waals surface area contributed by atoms with Gasteiger partial charge in [0.2, 0.25) is 0 Å². The van der Waals surface area contributed by atoms with Crippen LogP contribution in [0.15, 0.2) is 28.8 Å². The lowest BCUT2D eigenvalue weighted by molar-refractivity contribution is 0.0685. The number of nitrogens with zero attached hydrogens (tertiary/aromatic N) is 1. The highest BCUT2D eigenvalue weighted by Crippen LogP contribution is 2.32. The summed E-state index contributed by atoms with van der Waals surface area (Å²) in [6.07, 6.45) is 0. The monoisotopic (exact) mass is 289 g/mol. The number of aromatic carboxylic acids is 1. The van der Waals surface area contributed by atoms with Crippen molar-refractivity contribution in [2.75, 3.05) is 0 Å². The Bertz CT molecular complexity index is 653. The Morgan fingerprint density at radius 2 is 2.05 bits per heavy atom. The first-order valence-corrected chi connectivity index (χ1v) is 6.70. The third-order valence-corrected chi connectivity index (χ3v) is 3.09. The summed E-state index contributed by atoms with van der Waals surface area (Å²) in [5, 5.41) is 12.3. The van der Waals surface area contributed by atoms with Gasteiger partial charge in [-0.3, -0.25) is 0 Å². The number of hydrogen-bond acceptors (Lipinski definition) is 4. The van der Waals surface area contributed by atoms with Crippen LogP contribution in [0, 0.1) is 6.92 Å². The summed E-state index contributed by atoms with van der Waals surface area (Å²) in [7, 11) is 0. The minimum atomic E-state index is -1.12. The molecule has 0 amide bonds. The molecule has 1 N–H and O–H groups in total. The van der Waals surface area contributed by atoms with E-state index in [2.05, 4.69) is 32.0 Å².